The molecule has 90 valence electrons. The lowest BCUT2D eigenvalue weighted by Gasteiger charge is -2.03. The monoisotopic (exact) mass is 309 g/mol. The zero-order valence-electron chi connectivity index (χ0n) is 10.1. The van der Waals surface area contributed by atoms with Crippen LogP contribution in [0.1, 0.15) is 11.1 Å². The minimum absolute atomic E-state index is 0. The second-order valence-corrected chi connectivity index (χ2v) is 4.86. The lowest BCUT2D eigenvalue weighted by atomic mass is 10.1. The molecule has 0 atom stereocenters. The highest BCUT2D eigenvalue weighted by molar-refractivity contribution is 7.98. The summed E-state index contributed by atoms with van der Waals surface area (Å²) in [4.78, 5) is 0. The SMILES string of the molecule is Cc1ccccc1CSc1cccc[n+]1C.[Br-]. The van der Waals surface area contributed by atoms with E-state index in [1.54, 1.807) is 0 Å². The summed E-state index contributed by atoms with van der Waals surface area (Å²) in [6, 6.07) is 14.9. The summed E-state index contributed by atoms with van der Waals surface area (Å²) in [6.45, 7) is 2.17. The molecule has 0 fully saturated rings. The molecule has 2 rings (SSSR count). The first kappa shape index (κ1) is 14.3. The van der Waals surface area contributed by atoms with Crippen LogP contribution in [0.4, 0.5) is 0 Å². The van der Waals surface area contributed by atoms with Gasteiger partial charge in [0.05, 0.1) is 0 Å². The van der Waals surface area contributed by atoms with Crippen molar-refractivity contribution in [2.24, 2.45) is 7.05 Å². The number of nitrogens with zero attached hydrogens (tertiary/aromatic N) is 1. The van der Waals surface area contributed by atoms with E-state index in [4.69, 9.17) is 0 Å². The first-order chi connectivity index (χ1) is 7.77. The highest BCUT2D eigenvalue weighted by atomic mass is 79.9. The van der Waals surface area contributed by atoms with Crippen LogP contribution in [0.15, 0.2) is 53.7 Å². The molecule has 1 nitrogen and oxygen atoms in total. The van der Waals surface area contributed by atoms with Gasteiger partial charge in [-0.1, -0.05) is 36.0 Å². The van der Waals surface area contributed by atoms with Gasteiger partial charge in [-0.2, -0.15) is 4.57 Å². The molecule has 1 aromatic heterocycles. The zero-order chi connectivity index (χ0) is 11.4. The average Bonchev–Trinajstić information content (AvgIpc) is 2.30. The van der Waals surface area contributed by atoms with Gasteiger partial charge in [0.2, 0.25) is 5.03 Å². The number of hydrogen-bond donors (Lipinski definition) is 0. The van der Waals surface area contributed by atoms with Crippen molar-refractivity contribution in [1.29, 1.82) is 0 Å². The molecule has 0 saturated heterocycles. The fraction of sp³-hybridized carbons (Fsp3) is 0.214. The Bertz CT molecular complexity index is 440. The van der Waals surface area contributed by atoms with Gasteiger partial charge in [0.25, 0.3) is 0 Å². The van der Waals surface area contributed by atoms with Gasteiger partial charge in [0, 0.05) is 17.9 Å². The molecule has 17 heavy (non-hydrogen) atoms. The zero-order valence-corrected chi connectivity index (χ0v) is 12.5. The number of halogens is 1. The van der Waals surface area contributed by atoms with E-state index in [1.807, 2.05) is 11.8 Å². The van der Waals surface area contributed by atoms with E-state index in [1.165, 1.54) is 16.2 Å². The molecule has 0 unspecified atom stereocenters. The largest absolute Gasteiger partial charge is 1.00 e. The number of benzene rings is 1. The van der Waals surface area contributed by atoms with Gasteiger partial charge < -0.3 is 17.0 Å². The predicted octanol–water partition coefficient (Wildman–Crippen LogP) is 0.116. The van der Waals surface area contributed by atoms with E-state index in [9.17, 15) is 0 Å². The summed E-state index contributed by atoms with van der Waals surface area (Å²) in [7, 11) is 2.08. The second kappa shape index (κ2) is 6.82. The summed E-state index contributed by atoms with van der Waals surface area (Å²) in [5.41, 5.74) is 2.78. The summed E-state index contributed by atoms with van der Waals surface area (Å²) in [5.74, 6) is 1.03. The Kier molecular flexibility index (Phi) is 5.72. The molecule has 0 aliphatic heterocycles. The summed E-state index contributed by atoms with van der Waals surface area (Å²) >= 11 is 1.88. The van der Waals surface area contributed by atoms with E-state index in [0.29, 0.717) is 0 Å². The van der Waals surface area contributed by atoms with Crippen molar-refractivity contribution >= 4 is 11.8 Å². The van der Waals surface area contributed by atoms with Crippen LogP contribution < -0.4 is 21.5 Å². The fourth-order valence-corrected chi connectivity index (χ4v) is 2.65. The first-order valence-corrected chi connectivity index (χ1v) is 6.38. The van der Waals surface area contributed by atoms with E-state index in [0.717, 1.165) is 5.75 Å². The fourth-order valence-electron chi connectivity index (χ4n) is 1.58. The third kappa shape index (κ3) is 3.86. The quantitative estimate of drug-likeness (QED) is 0.575. The van der Waals surface area contributed by atoms with Crippen molar-refractivity contribution in [2.75, 3.05) is 0 Å². The summed E-state index contributed by atoms with van der Waals surface area (Å²) in [5, 5.41) is 1.30. The third-order valence-electron chi connectivity index (χ3n) is 2.64. The van der Waals surface area contributed by atoms with E-state index >= 15 is 0 Å². The van der Waals surface area contributed by atoms with Crippen molar-refractivity contribution in [3.63, 3.8) is 0 Å². The topological polar surface area (TPSA) is 3.88 Å². The Labute approximate surface area is 118 Å². The lowest BCUT2D eigenvalue weighted by Crippen LogP contribution is -3.00. The molecule has 0 aliphatic rings. The summed E-state index contributed by atoms with van der Waals surface area (Å²) in [6.07, 6.45) is 2.08. The minimum Gasteiger partial charge on any atom is -1.00 e. The highest BCUT2D eigenvalue weighted by Gasteiger charge is 2.06. The van der Waals surface area contributed by atoms with Gasteiger partial charge in [-0.25, -0.2) is 0 Å². The highest BCUT2D eigenvalue weighted by Crippen LogP contribution is 2.20. The molecule has 0 saturated carbocycles. The van der Waals surface area contributed by atoms with Gasteiger partial charge in [0.1, 0.15) is 7.05 Å². The predicted molar refractivity (Wildman–Crippen MR) is 68.4 cm³/mol. The first-order valence-electron chi connectivity index (χ1n) is 5.39. The minimum atomic E-state index is 0. The van der Waals surface area contributed by atoms with Crippen LogP contribution in [0.25, 0.3) is 0 Å². The standard InChI is InChI=1S/C14H16NS.BrH/c1-12-7-3-4-8-13(12)11-16-14-9-5-6-10-15(14)2;/h3-10H,11H2,1-2H3;1H/q+1;/p-1. The van der Waals surface area contributed by atoms with Crippen LogP contribution in [-0.2, 0) is 12.8 Å². The molecule has 0 N–H and O–H groups in total. The van der Waals surface area contributed by atoms with Crippen molar-refractivity contribution in [1.82, 2.24) is 0 Å². The Morgan fingerprint density at radius 3 is 2.47 bits per heavy atom. The van der Waals surface area contributed by atoms with Gasteiger partial charge >= 0.3 is 0 Å². The number of rotatable bonds is 3. The Morgan fingerprint density at radius 1 is 1.06 bits per heavy atom. The van der Waals surface area contributed by atoms with Crippen LogP contribution in [0.2, 0.25) is 0 Å². The van der Waals surface area contributed by atoms with Crippen LogP contribution >= 0.6 is 11.8 Å². The van der Waals surface area contributed by atoms with Gasteiger partial charge in [-0.15, -0.1) is 0 Å². The number of thioether (sulfide) groups is 1. The maximum Gasteiger partial charge on any atom is 0.240 e. The molecule has 0 bridgehead atoms. The van der Waals surface area contributed by atoms with Crippen LogP contribution in [-0.4, -0.2) is 0 Å². The van der Waals surface area contributed by atoms with Gasteiger partial charge in [-0.3, -0.25) is 0 Å². The van der Waals surface area contributed by atoms with Crippen molar-refractivity contribution < 1.29 is 21.5 Å². The van der Waals surface area contributed by atoms with E-state index in [-0.39, 0.29) is 17.0 Å². The maximum atomic E-state index is 2.20. The molecule has 1 aromatic carbocycles. The van der Waals surface area contributed by atoms with Crippen LogP contribution in [0.5, 0.6) is 0 Å². The van der Waals surface area contributed by atoms with Crippen molar-refractivity contribution in [3.8, 4) is 0 Å². The maximum absolute atomic E-state index is 2.20. The molecule has 0 radical (unpaired) electrons. The Balaban J connectivity index is 0.00000144. The molecule has 0 aliphatic carbocycles. The smallest absolute Gasteiger partial charge is 0.240 e. The molecule has 1 heterocycles. The summed E-state index contributed by atoms with van der Waals surface area (Å²) < 4.78 is 2.16. The normalized spacial score (nSPS) is 9.76. The number of aryl methyl sites for hydroxylation is 2. The van der Waals surface area contributed by atoms with Crippen LogP contribution in [0, 0.1) is 6.92 Å². The van der Waals surface area contributed by atoms with Gasteiger partial charge in [-0.05, 0) is 24.1 Å². The molecule has 0 spiro atoms. The molecule has 2 aromatic rings. The molecule has 3 heteroatoms. The van der Waals surface area contributed by atoms with E-state index in [2.05, 4.69) is 67.2 Å². The third-order valence-corrected chi connectivity index (χ3v) is 3.82. The molecular formula is C14H16BrNS. The Morgan fingerprint density at radius 2 is 1.76 bits per heavy atom. The lowest BCUT2D eigenvalue weighted by molar-refractivity contribution is -0.708. The molecular weight excluding hydrogens is 294 g/mol. The second-order valence-electron chi connectivity index (χ2n) is 3.86. The number of hydrogen-bond acceptors (Lipinski definition) is 1. The average molecular weight is 310 g/mol. The van der Waals surface area contributed by atoms with Crippen molar-refractivity contribution in [2.45, 2.75) is 17.7 Å². The molecule has 0 amide bonds. The number of aromatic nitrogens is 1. The number of pyridine rings is 1. The van der Waals surface area contributed by atoms with Crippen molar-refractivity contribution in [3.05, 3.63) is 59.8 Å². The Hall–Kier alpha value is -0.800. The van der Waals surface area contributed by atoms with Crippen LogP contribution in [0.3, 0.4) is 0 Å². The van der Waals surface area contributed by atoms with Gasteiger partial charge in [0.15, 0.2) is 6.20 Å². The van der Waals surface area contributed by atoms with E-state index < -0.39 is 0 Å².